The molecule has 1 heterocycles. The molecular formula is C20H17NO6. The van der Waals surface area contributed by atoms with Gasteiger partial charge in [0.2, 0.25) is 11.7 Å². The van der Waals surface area contributed by atoms with Crippen LogP contribution in [0.25, 0.3) is 0 Å². The number of hydrogen-bond acceptors (Lipinski definition) is 6. The molecule has 2 amide bonds. The van der Waals surface area contributed by atoms with Gasteiger partial charge in [-0.3, -0.25) is 24.1 Å². The lowest BCUT2D eigenvalue weighted by Gasteiger charge is -2.25. The highest BCUT2D eigenvalue weighted by Crippen LogP contribution is 2.20. The fraction of sp³-hybridized carbons (Fsp3) is 0.200. The lowest BCUT2D eigenvalue weighted by atomic mass is 9.98. The van der Waals surface area contributed by atoms with Crippen LogP contribution in [0.15, 0.2) is 48.5 Å². The van der Waals surface area contributed by atoms with E-state index in [-0.39, 0.29) is 12.0 Å². The molecule has 0 radical (unpaired) electrons. The van der Waals surface area contributed by atoms with Gasteiger partial charge in [-0.2, -0.15) is 0 Å². The molecule has 0 aromatic heterocycles. The van der Waals surface area contributed by atoms with Crippen molar-refractivity contribution in [3.8, 4) is 5.75 Å². The third kappa shape index (κ3) is 3.87. The van der Waals surface area contributed by atoms with Crippen LogP contribution in [0.4, 0.5) is 0 Å². The first-order valence-electron chi connectivity index (χ1n) is 8.25. The minimum absolute atomic E-state index is 0.0370. The number of hydrogen-bond donors (Lipinski definition) is 0. The second-order valence-electron chi connectivity index (χ2n) is 5.90. The van der Waals surface area contributed by atoms with Crippen LogP contribution < -0.4 is 4.74 Å². The van der Waals surface area contributed by atoms with E-state index in [2.05, 4.69) is 0 Å². The van der Waals surface area contributed by atoms with Crippen molar-refractivity contribution in [3.63, 3.8) is 0 Å². The van der Waals surface area contributed by atoms with E-state index in [9.17, 15) is 19.2 Å². The number of ether oxygens (including phenoxy) is 2. The second-order valence-corrected chi connectivity index (χ2v) is 5.90. The Balaban J connectivity index is 1.62. The molecule has 0 aliphatic carbocycles. The predicted octanol–water partition coefficient (Wildman–Crippen LogP) is 1.65. The summed E-state index contributed by atoms with van der Waals surface area (Å²) < 4.78 is 10.1. The number of carbonyl (C=O) groups is 4. The maximum atomic E-state index is 12.4. The number of ketones is 1. The lowest BCUT2D eigenvalue weighted by Crippen LogP contribution is -2.45. The third-order valence-corrected chi connectivity index (χ3v) is 4.19. The lowest BCUT2D eigenvalue weighted by molar-refractivity contribution is -0.146. The molecular weight excluding hydrogens is 350 g/mol. The van der Waals surface area contributed by atoms with Gasteiger partial charge in [0.15, 0.2) is 6.61 Å². The summed E-state index contributed by atoms with van der Waals surface area (Å²) in [4.78, 5) is 49.7. The van der Waals surface area contributed by atoms with E-state index in [1.165, 1.54) is 7.11 Å². The number of nitrogens with zero attached hydrogens (tertiary/aromatic N) is 1. The minimum Gasteiger partial charge on any atom is -0.496 e. The first-order valence-corrected chi connectivity index (χ1v) is 8.25. The largest absolute Gasteiger partial charge is 0.496 e. The second kappa shape index (κ2) is 7.82. The van der Waals surface area contributed by atoms with Crippen LogP contribution in [0.1, 0.15) is 26.3 Å². The molecule has 2 aromatic carbocycles. The number of esters is 1. The number of rotatable bonds is 6. The molecule has 1 aliphatic rings. The van der Waals surface area contributed by atoms with Crippen LogP contribution in [0.2, 0.25) is 0 Å². The Labute approximate surface area is 155 Å². The molecule has 0 saturated heterocycles. The number of methoxy groups -OCH3 is 1. The average Bonchev–Trinajstić information content (AvgIpc) is 2.69. The van der Waals surface area contributed by atoms with Gasteiger partial charge in [0.05, 0.1) is 19.1 Å². The fourth-order valence-corrected chi connectivity index (χ4v) is 2.83. The summed E-state index contributed by atoms with van der Waals surface area (Å²) in [6.45, 7) is -1.04. The molecule has 0 atom stereocenters. The highest BCUT2D eigenvalue weighted by Gasteiger charge is 2.32. The quantitative estimate of drug-likeness (QED) is 0.438. The fourth-order valence-electron chi connectivity index (χ4n) is 2.83. The highest BCUT2D eigenvalue weighted by atomic mass is 16.5. The summed E-state index contributed by atoms with van der Waals surface area (Å²) >= 11 is 0. The van der Waals surface area contributed by atoms with E-state index in [4.69, 9.17) is 9.47 Å². The van der Waals surface area contributed by atoms with Crippen LogP contribution in [-0.2, 0) is 20.7 Å². The summed E-state index contributed by atoms with van der Waals surface area (Å²) in [6, 6.07) is 13.3. The van der Waals surface area contributed by atoms with Gasteiger partial charge in [-0.15, -0.1) is 0 Å². The van der Waals surface area contributed by atoms with Crippen molar-refractivity contribution < 1.29 is 28.7 Å². The molecule has 7 nitrogen and oxygen atoms in total. The van der Waals surface area contributed by atoms with Gasteiger partial charge >= 0.3 is 5.97 Å². The zero-order valence-corrected chi connectivity index (χ0v) is 14.6. The molecule has 0 spiro atoms. The SMILES string of the molecule is COc1ccccc1C(=O)COC(=O)CN1C(=O)Cc2ccccc2C1=O. The van der Waals surface area contributed by atoms with Crippen molar-refractivity contribution in [2.75, 3.05) is 20.3 Å². The Hall–Kier alpha value is -3.48. The smallest absolute Gasteiger partial charge is 0.326 e. The number of Topliss-reactive ketones (excluding diaryl/α,β-unsaturated/α-hetero) is 1. The number of para-hydroxylation sites is 1. The number of fused-ring (bicyclic) bond motifs is 1. The van der Waals surface area contributed by atoms with Crippen molar-refractivity contribution in [1.29, 1.82) is 0 Å². The molecule has 0 unspecified atom stereocenters. The molecule has 138 valence electrons. The topological polar surface area (TPSA) is 90.0 Å². The van der Waals surface area contributed by atoms with Crippen molar-refractivity contribution >= 4 is 23.6 Å². The summed E-state index contributed by atoms with van der Waals surface area (Å²) in [5.41, 5.74) is 1.30. The van der Waals surface area contributed by atoms with E-state index >= 15 is 0 Å². The van der Waals surface area contributed by atoms with Gasteiger partial charge in [0.25, 0.3) is 5.91 Å². The zero-order valence-electron chi connectivity index (χ0n) is 14.6. The Bertz CT molecular complexity index is 920. The van der Waals surface area contributed by atoms with Crippen LogP contribution in [0.3, 0.4) is 0 Å². The number of carbonyl (C=O) groups excluding carboxylic acids is 4. The minimum atomic E-state index is -0.834. The van der Waals surface area contributed by atoms with E-state index in [0.29, 0.717) is 16.9 Å². The Kier molecular flexibility index (Phi) is 5.30. The van der Waals surface area contributed by atoms with Gasteiger partial charge in [-0.1, -0.05) is 30.3 Å². The van der Waals surface area contributed by atoms with Crippen molar-refractivity contribution in [3.05, 3.63) is 65.2 Å². The monoisotopic (exact) mass is 367 g/mol. The molecule has 7 heteroatoms. The third-order valence-electron chi connectivity index (χ3n) is 4.19. The van der Waals surface area contributed by atoms with Gasteiger partial charge in [-0.05, 0) is 23.8 Å². The summed E-state index contributed by atoms with van der Waals surface area (Å²) in [6.07, 6.45) is 0.0370. The molecule has 1 aliphatic heterocycles. The van der Waals surface area contributed by atoms with E-state index in [0.717, 1.165) is 4.90 Å². The molecule has 2 aromatic rings. The zero-order chi connectivity index (χ0) is 19.4. The predicted molar refractivity (Wildman–Crippen MR) is 94.5 cm³/mol. The summed E-state index contributed by atoms with van der Waals surface area (Å²) in [7, 11) is 1.43. The number of amides is 2. The molecule has 3 rings (SSSR count). The molecule has 0 fully saturated rings. The molecule has 0 bridgehead atoms. The molecule has 27 heavy (non-hydrogen) atoms. The molecule has 0 saturated carbocycles. The van der Waals surface area contributed by atoms with Crippen molar-refractivity contribution in [1.82, 2.24) is 4.90 Å². The Morgan fingerprint density at radius 2 is 1.74 bits per heavy atom. The van der Waals surface area contributed by atoms with E-state index < -0.39 is 36.7 Å². The first-order chi connectivity index (χ1) is 13.0. The van der Waals surface area contributed by atoms with Crippen LogP contribution in [0.5, 0.6) is 5.75 Å². The average molecular weight is 367 g/mol. The standard InChI is InChI=1S/C20H17NO6/c1-26-17-9-5-4-8-15(17)16(22)12-27-19(24)11-21-18(23)10-13-6-2-3-7-14(13)20(21)25/h2-9H,10-12H2,1H3. The van der Waals surface area contributed by atoms with Crippen LogP contribution in [0, 0.1) is 0 Å². The van der Waals surface area contributed by atoms with Crippen molar-refractivity contribution in [2.24, 2.45) is 0 Å². The maximum absolute atomic E-state index is 12.4. The Morgan fingerprint density at radius 1 is 1.04 bits per heavy atom. The van der Waals surface area contributed by atoms with Gasteiger partial charge in [0.1, 0.15) is 12.3 Å². The normalized spacial score (nSPS) is 13.1. The Morgan fingerprint density at radius 3 is 2.52 bits per heavy atom. The molecule has 0 N–H and O–H groups in total. The van der Waals surface area contributed by atoms with Crippen LogP contribution >= 0.6 is 0 Å². The maximum Gasteiger partial charge on any atom is 0.326 e. The van der Waals surface area contributed by atoms with E-state index in [1.807, 2.05) is 0 Å². The number of benzene rings is 2. The van der Waals surface area contributed by atoms with E-state index in [1.54, 1.807) is 48.5 Å². The highest BCUT2D eigenvalue weighted by molar-refractivity contribution is 6.11. The van der Waals surface area contributed by atoms with Crippen LogP contribution in [-0.4, -0.2) is 48.7 Å². The summed E-state index contributed by atoms with van der Waals surface area (Å²) in [5.74, 6) is -1.93. The van der Waals surface area contributed by atoms with Gasteiger partial charge in [-0.25, -0.2) is 0 Å². The number of imide groups is 1. The first kappa shape index (κ1) is 18.3. The van der Waals surface area contributed by atoms with Gasteiger partial charge < -0.3 is 9.47 Å². The van der Waals surface area contributed by atoms with Gasteiger partial charge in [0, 0.05) is 5.56 Å². The van der Waals surface area contributed by atoms with Crippen molar-refractivity contribution in [2.45, 2.75) is 6.42 Å². The summed E-state index contributed by atoms with van der Waals surface area (Å²) in [5, 5.41) is 0.